The summed E-state index contributed by atoms with van der Waals surface area (Å²) in [7, 11) is 0. The molecule has 138 valence electrons. The molecule has 27 heavy (non-hydrogen) atoms. The Labute approximate surface area is 147 Å². The number of anilines is 1. The van der Waals surface area contributed by atoms with Gasteiger partial charge in [0.1, 0.15) is 17.9 Å². The summed E-state index contributed by atoms with van der Waals surface area (Å²) in [5.74, 6) is -5.83. The number of nitriles is 2. The molecule has 1 N–H and O–H groups in total. The van der Waals surface area contributed by atoms with Crippen LogP contribution >= 0.6 is 0 Å². The largest absolute Gasteiger partial charge is 0.451 e. The number of halogens is 6. The minimum absolute atomic E-state index is 0.0463. The number of nitrogens with zero attached hydrogens (tertiary/aromatic N) is 3. The first-order chi connectivity index (χ1) is 12.7. The van der Waals surface area contributed by atoms with Gasteiger partial charge in [-0.1, -0.05) is 0 Å². The van der Waals surface area contributed by atoms with Gasteiger partial charge in [-0.25, -0.2) is 13.2 Å². The highest BCUT2D eigenvalue weighted by atomic mass is 19.4. The smallest absolute Gasteiger partial charge is 0.416 e. The molecular weight excluding hydrogens is 378 g/mol. The zero-order valence-electron chi connectivity index (χ0n) is 12.9. The van der Waals surface area contributed by atoms with Gasteiger partial charge in [0.25, 0.3) is 0 Å². The molecule has 0 amide bonds. The van der Waals surface area contributed by atoms with Crippen LogP contribution in [0.5, 0.6) is 11.5 Å². The van der Waals surface area contributed by atoms with Crippen molar-refractivity contribution in [1.82, 2.24) is 0 Å². The highest BCUT2D eigenvalue weighted by Gasteiger charge is 2.33. The molecule has 0 saturated carbocycles. The lowest BCUT2D eigenvalue weighted by Crippen LogP contribution is -2.07. The molecule has 0 bridgehead atoms. The van der Waals surface area contributed by atoms with Crippen molar-refractivity contribution in [1.29, 1.82) is 10.5 Å². The van der Waals surface area contributed by atoms with Crippen molar-refractivity contribution in [2.75, 3.05) is 5.43 Å². The number of hydrazone groups is 1. The van der Waals surface area contributed by atoms with Crippen LogP contribution in [0.15, 0.2) is 35.4 Å². The first kappa shape index (κ1) is 19.6. The summed E-state index contributed by atoms with van der Waals surface area (Å²) in [6, 6.07) is 5.68. The van der Waals surface area contributed by atoms with Crippen LogP contribution in [-0.4, -0.2) is 5.71 Å². The molecule has 2 aromatic rings. The summed E-state index contributed by atoms with van der Waals surface area (Å²) in [4.78, 5) is 0. The van der Waals surface area contributed by atoms with E-state index in [-0.39, 0.29) is 17.8 Å². The summed E-state index contributed by atoms with van der Waals surface area (Å²) in [6.45, 7) is 0. The molecular formula is C16H6F6N4O. The fourth-order valence-electron chi connectivity index (χ4n) is 1.78. The second-order valence-corrected chi connectivity index (χ2v) is 4.81. The zero-order chi connectivity index (χ0) is 20.2. The van der Waals surface area contributed by atoms with E-state index in [1.165, 1.54) is 12.1 Å². The number of alkyl halides is 3. The SMILES string of the molecule is N#CC(C#N)=NNc1ccc(Oc2c(F)cc(C(F)(F)F)cc2F)cc1F. The number of nitrogens with one attached hydrogen (secondary N) is 1. The molecule has 11 heteroatoms. The third-order valence-corrected chi connectivity index (χ3v) is 2.99. The Kier molecular flexibility index (Phi) is 5.56. The van der Waals surface area contributed by atoms with Crippen LogP contribution in [0, 0.1) is 40.1 Å². The number of benzene rings is 2. The fraction of sp³-hybridized carbons (Fsp3) is 0.0625. The lowest BCUT2D eigenvalue weighted by Gasteiger charge is -2.12. The van der Waals surface area contributed by atoms with Gasteiger partial charge in [0.15, 0.2) is 23.2 Å². The van der Waals surface area contributed by atoms with E-state index in [9.17, 15) is 26.3 Å². The van der Waals surface area contributed by atoms with E-state index in [1.54, 1.807) is 0 Å². The number of ether oxygens (including phenoxy) is 1. The summed E-state index contributed by atoms with van der Waals surface area (Å²) >= 11 is 0. The van der Waals surface area contributed by atoms with Gasteiger partial charge in [-0.15, -0.1) is 0 Å². The molecule has 0 aliphatic carbocycles. The fourth-order valence-corrected chi connectivity index (χ4v) is 1.78. The van der Waals surface area contributed by atoms with Crippen LogP contribution in [0.4, 0.5) is 32.0 Å². The number of hydrogen-bond donors (Lipinski definition) is 1. The summed E-state index contributed by atoms with van der Waals surface area (Å²) < 4.78 is 83.7. The quantitative estimate of drug-likeness (QED) is 0.469. The highest BCUT2D eigenvalue weighted by molar-refractivity contribution is 6.10. The minimum Gasteiger partial charge on any atom is -0.451 e. The van der Waals surface area contributed by atoms with Gasteiger partial charge in [0, 0.05) is 6.07 Å². The summed E-state index contributed by atoms with van der Waals surface area (Å²) in [6.07, 6.45) is -4.95. The van der Waals surface area contributed by atoms with Crippen molar-refractivity contribution in [2.45, 2.75) is 6.18 Å². The van der Waals surface area contributed by atoms with Crippen molar-refractivity contribution >= 4 is 11.4 Å². The van der Waals surface area contributed by atoms with Gasteiger partial charge in [-0.3, -0.25) is 5.43 Å². The summed E-state index contributed by atoms with van der Waals surface area (Å²) in [5, 5.41) is 20.3. The van der Waals surface area contributed by atoms with Crippen LogP contribution < -0.4 is 10.2 Å². The van der Waals surface area contributed by atoms with Crippen LogP contribution in [0.3, 0.4) is 0 Å². The van der Waals surface area contributed by atoms with Gasteiger partial charge in [0.2, 0.25) is 5.71 Å². The molecule has 0 radical (unpaired) electrons. The molecule has 0 aromatic heterocycles. The molecule has 2 rings (SSSR count). The normalized spacial score (nSPS) is 10.5. The monoisotopic (exact) mass is 384 g/mol. The Morgan fingerprint density at radius 1 is 0.963 bits per heavy atom. The molecule has 0 fully saturated rings. The van der Waals surface area contributed by atoms with Crippen LogP contribution in [-0.2, 0) is 6.18 Å². The molecule has 0 aliphatic heterocycles. The van der Waals surface area contributed by atoms with E-state index in [2.05, 4.69) is 10.5 Å². The summed E-state index contributed by atoms with van der Waals surface area (Å²) in [5.41, 5.74) is -0.323. The van der Waals surface area contributed by atoms with E-state index < -0.39 is 46.4 Å². The Bertz CT molecular complexity index is 949. The maximum absolute atomic E-state index is 13.9. The van der Waals surface area contributed by atoms with Crippen molar-refractivity contribution < 1.29 is 31.1 Å². The minimum atomic E-state index is -4.95. The van der Waals surface area contributed by atoms with E-state index in [0.29, 0.717) is 6.07 Å². The lowest BCUT2D eigenvalue weighted by molar-refractivity contribution is -0.138. The zero-order valence-corrected chi connectivity index (χ0v) is 12.9. The van der Waals surface area contributed by atoms with Gasteiger partial charge in [-0.05, 0) is 24.3 Å². The molecule has 2 aromatic carbocycles. The Morgan fingerprint density at radius 3 is 2.04 bits per heavy atom. The van der Waals surface area contributed by atoms with E-state index in [1.807, 2.05) is 0 Å². The van der Waals surface area contributed by atoms with Crippen molar-refractivity contribution in [3.63, 3.8) is 0 Å². The van der Waals surface area contributed by atoms with E-state index >= 15 is 0 Å². The van der Waals surface area contributed by atoms with Gasteiger partial charge in [-0.2, -0.15) is 28.8 Å². The molecule has 0 atom stereocenters. The highest BCUT2D eigenvalue weighted by Crippen LogP contribution is 2.36. The predicted molar refractivity (Wildman–Crippen MR) is 80.1 cm³/mol. The third kappa shape index (κ3) is 4.67. The number of hydrogen-bond acceptors (Lipinski definition) is 5. The topological polar surface area (TPSA) is 81.2 Å². The Balaban J connectivity index is 2.27. The lowest BCUT2D eigenvalue weighted by atomic mass is 10.2. The van der Waals surface area contributed by atoms with Crippen molar-refractivity contribution in [3.8, 4) is 23.6 Å². The standard InChI is InChI=1S/C16H6F6N4O/c17-11-5-10(1-2-14(11)26-25-9(6-23)7-24)27-15-12(18)3-8(4-13(15)19)16(20,21)22/h1-5,26H. The second-order valence-electron chi connectivity index (χ2n) is 4.81. The predicted octanol–water partition coefficient (Wildman–Crippen LogP) is 4.73. The van der Waals surface area contributed by atoms with E-state index in [4.69, 9.17) is 15.3 Å². The van der Waals surface area contributed by atoms with Crippen LogP contribution in [0.25, 0.3) is 0 Å². The first-order valence-corrected chi connectivity index (χ1v) is 6.83. The number of rotatable bonds is 4. The van der Waals surface area contributed by atoms with Crippen molar-refractivity contribution in [3.05, 3.63) is 53.3 Å². The molecule has 0 heterocycles. The Morgan fingerprint density at radius 2 is 1.56 bits per heavy atom. The van der Waals surface area contributed by atoms with Gasteiger partial charge < -0.3 is 4.74 Å². The average molecular weight is 384 g/mol. The second kappa shape index (κ2) is 7.66. The Hall–Kier alpha value is -3.73. The average Bonchev–Trinajstić information content (AvgIpc) is 2.59. The maximum Gasteiger partial charge on any atom is 0.416 e. The molecule has 5 nitrogen and oxygen atoms in total. The molecule has 0 unspecified atom stereocenters. The molecule has 0 aliphatic rings. The van der Waals surface area contributed by atoms with Gasteiger partial charge >= 0.3 is 6.18 Å². The van der Waals surface area contributed by atoms with Crippen molar-refractivity contribution in [2.24, 2.45) is 5.10 Å². The van der Waals surface area contributed by atoms with Crippen LogP contribution in [0.2, 0.25) is 0 Å². The maximum atomic E-state index is 13.9. The van der Waals surface area contributed by atoms with Crippen LogP contribution in [0.1, 0.15) is 5.56 Å². The molecule has 0 spiro atoms. The third-order valence-electron chi connectivity index (χ3n) is 2.99. The molecule has 0 saturated heterocycles. The first-order valence-electron chi connectivity index (χ1n) is 6.83. The van der Waals surface area contributed by atoms with E-state index in [0.717, 1.165) is 12.1 Å². The van der Waals surface area contributed by atoms with Gasteiger partial charge in [0.05, 0.1) is 11.3 Å².